The molecule has 7 rings (SSSR count). The molecule has 4 aliphatic carbocycles. The van der Waals surface area contributed by atoms with Gasteiger partial charge in [0.25, 0.3) is 11.8 Å². The number of nitrogens with zero attached hydrogens (tertiary/aromatic N) is 1. The lowest BCUT2D eigenvalue weighted by atomic mass is 9.49. The molecule has 2 N–H and O–H groups in total. The van der Waals surface area contributed by atoms with E-state index in [2.05, 4.69) is 15.6 Å². The minimum absolute atomic E-state index is 0.0873. The molecule has 172 valence electrons. The van der Waals surface area contributed by atoms with Gasteiger partial charge in [0.2, 0.25) is 0 Å². The van der Waals surface area contributed by atoms with Gasteiger partial charge in [0, 0.05) is 22.3 Å². The number of carbonyl (C=O) groups is 2. The Morgan fingerprint density at radius 3 is 2.27 bits per heavy atom. The standard InChI is InChI=1S/C26H29N3O4/c1-16-3-2-4-20(27-16)24(31)29-26-13-17-9-18(14-26)12-25(11-17,15-26)28-23(30)19-5-6-21-22(10-19)33-8-7-32-21/h2-6,10,17-18H,7-9,11-15H2,1H3,(H,28,30)(H,29,31). The fourth-order valence-corrected chi connectivity index (χ4v) is 7.03. The summed E-state index contributed by atoms with van der Waals surface area (Å²) in [6, 6.07) is 10.9. The van der Waals surface area contributed by atoms with Crippen LogP contribution in [0.5, 0.6) is 11.5 Å². The van der Waals surface area contributed by atoms with E-state index >= 15 is 0 Å². The highest BCUT2D eigenvalue weighted by molar-refractivity contribution is 5.95. The summed E-state index contributed by atoms with van der Waals surface area (Å²) in [6.45, 7) is 2.91. The first-order chi connectivity index (χ1) is 15.9. The van der Waals surface area contributed by atoms with Crippen LogP contribution in [0.15, 0.2) is 36.4 Å². The zero-order chi connectivity index (χ0) is 22.6. The van der Waals surface area contributed by atoms with Gasteiger partial charge in [0.1, 0.15) is 18.9 Å². The number of hydrogen-bond acceptors (Lipinski definition) is 5. The van der Waals surface area contributed by atoms with Crippen molar-refractivity contribution in [3.8, 4) is 11.5 Å². The highest BCUT2D eigenvalue weighted by atomic mass is 16.6. The van der Waals surface area contributed by atoms with Gasteiger partial charge in [-0.15, -0.1) is 0 Å². The van der Waals surface area contributed by atoms with Crippen LogP contribution in [0, 0.1) is 18.8 Å². The molecule has 2 amide bonds. The van der Waals surface area contributed by atoms with Gasteiger partial charge in [0.05, 0.1) is 0 Å². The molecule has 2 atom stereocenters. The van der Waals surface area contributed by atoms with Crippen molar-refractivity contribution in [2.75, 3.05) is 13.2 Å². The third-order valence-corrected chi connectivity index (χ3v) is 7.74. The van der Waals surface area contributed by atoms with Crippen LogP contribution < -0.4 is 20.1 Å². The summed E-state index contributed by atoms with van der Waals surface area (Å²) in [5.41, 5.74) is 1.29. The molecule has 2 aromatic rings. The van der Waals surface area contributed by atoms with E-state index in [1.165, 1.54) is 6.42 Å². The molecule has 0 radical (unpaired) electrons. The van der Waals surface area contributed by atoms with Crippen molar-refractivity contribution < 1.29 is 19.1 Å². The second kappa shape index (κ2) is 7.47. The number of hydrogen-bond donors (Lipinski definition) is 2. The molecule has 33 heavy (non-hydrogen) atoms. The minimum Gasteiger partial charge on any atom is -0.486 e. The fourth-order valence-electron chi connectivity index (χ4n) is 7.03. The number of ether oxygens (including phenoxy) is 2. The summed E-state index contributed by atoms with van der Waals surface area (Å²) >= 11 is 0. The zero-order valence-electron chi connectivity index (χ0n) is 18.9. The van der Waals surface area contributed by atoms with Crippen LogP contribution in [0.3, 0.4) is 0 Å². The quantitative estimate of drug-likeness (QED) is 0.750. The summed E-state index contributed by atoms with van der Waals surface area (Å²) in [4.78, 5) is 30.8. The van der Waals surface area contributed by atoms with Crippen molar-refractivity contribution in [3.05, 3.63) is 53.3 Å². The molecule has 4 bridgehead atoms. The number of carbonyl (C=O) groups excluding carboxylic acids is 2. The van der Waals surface area contributed by atoms with E-state index < -0.39 is 0 Å². The number of pyridine rings is 1. The van der Waals surface area contributed by atoms with Crippen molar-refractivity contribution in [1.29, 1.82) is 0 Å². The predicted octanol–water partition coefficient (Wildman–Crippen LogP) is 3.41. The summed E-state index contributed by atoms with van der Waals surface area (Å²) in [5, 5.41) is 6.75. The van der Waals surface area contributed by atoms with Gasteiger partial charge in [-0.1, -0.05) is 6.07 Å². The highest BCUT2D eigenvalue weighted by Crippen LogP contribution is 2.57. The van der Waals surface area contributed by atoms with Gasteiger partial charge in [-0.25, -0.2) is 4.98 Å². The summed E-state index contributed by atoms with van der Waals surface area (Å²) in [5.74, 6) is 2.12. The molecule has 7 heteroatoms. The molecule has 2 heterocycles. The van der Waals surface area contributed by atoms with Gasteiger partial charge in [-0.05, 0) is 87.6 Å². The normalized spacial score (nSPS) is 31.2. The van der Waals surface area contributed by atoms with Gasteiger partial charge in [-0.2, -0.15) is 0 Å². The Bertz CT molecular complexity index is 1120. The number of nitrogens with one attached hydrogen (secondary N) is 2. The van der Waals surface area contributed by atoms with Crippen molar-refractivity contribution in [1.82, 2.24) is 15.6 Å². The van der Waals surface area contributed by atoms with Crippen molar-refractivity contribution in [2.45, 2.75) is 56.5 Å². The third-order valence-electron chi connectivity index (χ3n) is 7.74. The van der Waals surface area contributed by atoms with E-state index in [4.69, 9.17) is 9.47 Å². The zero-order valence-corrected chi connectivity index (χ0v) is 18.9. The first-order valence-corrected chi connectivity index (χ1v) is 11.9. The van der Waals surface area contributed by atoms with Gasteiger partial charge < -0.3 is 20.1 Å². The minimum atomic E-state index is -0.290. The average Bonchev–Trinajstić information content (AvgIpc) is 2.77. The van der Waals surface area contributed by atoms with Gasteiger partial charge in [0.15, 0.2) is 11.5 Å². The van der Waals surface area contributed by atoms with Crippen molar-refractivity contribution >= 4 is 11.8 Å². The topological polar surface area (TPSA) is 89.6 Å². The van der Waals surface area contributed by atoms with E-state index in [0.29, 0.717) is 47.8 Å². The average molecular weight is 448 g/mol. The maximum absolute atomic E-state index is 13.3. The van der Waals surface area contributed by atoms with Crippen LogP contribution in [0.25, 0.3) is 0 Å². The first-order valence-electron chi connectivity index (χ1n) is 11.9. The van der Waals surface area contributed by atoms with Gasteiger partial charge >= 0.3 is 0 Å². The number of aryl methyl sites for hydroxylation is 1. The number of amides is 2. The van der Waals surface area contributed by atoms with E-state index in [-0.39, 0.29) is 22.9 Å². The lowest BCUT2D eigenvalue weighted by Gasteiger charge is -2.62. The van der Waals surface area contributed by atoms with E-state index in [9.17, 15) is 9.59 Å². The first kappa shape index (κ1) is 20.5. The molecule has 4 saturated carbocycles. The molecule has 5 aliphatic rings. The lowest BCUT2D eigenvalue weighted by Crippen LogP contribution is -2.69. The van der Waals surface area contributed by atoms with Crippen LogP contribution in [-0.2, 0) is 0 Å². The van der Waals surface area contributed by atoms with E-state index in [1.807, 2.05) is 19.1 Å². The van der Waals surface area contributed by atoms with Crippen LogP contribution in [-0.4, -0.2) is 41.1 Å². The lowest BCUT2D eigenvalue weighted by molar-refractivity contribution is -0.0448. The highest BCUT2D eigenvalue weighted by Gasteiger charge is 2.58. The van der Waals surface area contributed by atoms with Crippen LogP contribution in [0.4, 0.5) is 0 Å². The molecule has 1 aliphatic heterocycles. The number of rotatable bonds is 4. The van der Waals surface area contributed by atoms with Crippen LogP contribution >= 0.6 is 0 Å². The Morgan fingerprint density at radius 1 is 0.909 bits per heavy atom. The number of fused-ring (bicyclic) bond motifs is 1. The maximum atomic E-state index is 13.3. The Kier molecular flexibility index (Phi) is 4.64. The molecule has 7 nitrogen and oxygen atoms in total. The molecule has 2 unspecified atom stereocenters. The molecule has 1 aromatic heterocycles. The molecule has 0 spiro atoms. The summed E-state index contributed by atoms with van der Waals surface area (Å²) in [7, 11) is 0. The molecular formula is C26H29N3O4. The summed E-state index contributed by atoms with van der Waals surface area (Å²) in [6.07, 6.45) is 5.84. The number of aromatic nitrogens is 1. The largest absolute Gasteiger partial charge is 0.486 e. The molecular weight excluding hydrogens is 418 g/mol. The van der Waals surface area contributed by atoms with Crippen molar-refractivity contribution in [2.24, 2.45) is 11.8 Å². The molecule has 4 fully saturated rings. The Hall–Kier alpha value is -3.09. The second-order valence-corrected chi connectivity index (χ2v) is 10.5. The Morgan fingerprint density at radius 2 is 1.58 bits per heavy atom. The fraction of sp³-hybridized carbons (Fsp3) is 0.500. The SMILES string of the molecule is Cc1cccc(C(=O)NC23CC4CC(CC(NC(=O)c5ccc6c(c5)OCCO6)(C4)C2)C3)n1. The van der Waals surface area contributed by atoms with E-state index in [1.54, 1.807) is 24.3 Å². The van der Waals surface area contributed by atoms with Crippen LogP contribution in [0.1, 0.15) is 65.1 Å². The maximum Gasteiger partial charge on any atom is 0.270 e. The molecule has 0 saturated heterocycles. The van der Waals surface area contributed by atoms with Crippen LogP contribution in [0.2, 0.25) is 0 Å². The van der Waals surface area contributed by atoms with Crippen molar-refractivity contribution in [3.63, 3.8) is 0 Å². The number of benzene rings is 1. The van der Waals surface area contributed by atoms with Gasteiger partial charge in [-0.3, -0.25) is 9.59 Å². The monoisotopic (exact) mass is 447 g/mol. The second-order valence-electron chi connectivity index (χ2n) is 10.5. The predicted molar refractivity (Wildman–Crippen MR) is 121 cm³/mol. The smallest absolute Gasteiger partial charge is 0.270 e. The Balaban J connectivity index is 1.23. The van der Waals surface area contributed by atoms with E-state index in [0.717, 1.165) is 37.8 Å². The summed E-state index contributed by atoms with van der Waals surface area (Å²) < 4.78 is 11.2. The molecule has 1 aromatic carbocycles. The third kappa shape index (κ3) is 3.73. The Labute approximate surface area is 193 Å².